The van der Waals surface area contributed by atoms with E-state index in [2.05, 4.69) is 15.5 Å². The number of aromatic nitrogens is 4. The molecule has 0 saturated carbocycles. The minimum Gasteiger partial charge on any atom is -0.491 e. The Labute approximate surface area is 148 Å². The van der Waals surface area contributed by atoms with Gasteiger partial charge in [0.2, 0.25) is 5.16 Å². The highest BCUT2D eigenvalue weighted by atomic mass is 35.5. The summed E-state index contributed by atoms with van der Waals surface area (Å²) in [4.78, 5) is 0. The predicted octanol–water partition coefficient (Wildman–Crippen LogP) is 2.85. The fourth-order valence-electron chi connectivity index (χ4n) is 1.94. The highest BCUT2D eigenvalue weighted by molar-refractivity contribution is 7.99. The van der Waals surface area contributed by atoms with Crippen molar-refractivity contribution >= 4 is 23.4 Å². The van der Waals surface area contributed by atoms with Crippen LogP contribution in [0.2, 0.25) is 5.02 Å². The Balaban J connectivity index is 1.55. The van der Waals surface area contributed by atoms with Crippen LogP contribution in [-0.4, -0.2) is 43.8 Å². The van der Waals surface area contributed by atoms with E-state index in [1.54, 1.807) is 16.8 Å². The normalized spacial score (nSPS) is 12.1. The molecule has 0 spiro atoms. The van der Waals surface area contributed by atoms with Crippen LogP contribution in [0.4, 0.5) is 0 Å². The molecular weight excluding hydrogens is 348 g/mol. The molecule has 0 amide bonds. The van der Waals surface area contributed by atoms with Crippen LogP contribution in [0.15, 0.2) is 59.8 Å². The second kappa shape index (κ2) is 8.14. The third-order valence-corrected chi connectivity index (χ3v) is 4.42. The molecule has 0 unspecified atom stereocenters. The number of para-hydroxylation sites is 1. The number of benzene rings is 2. The topological polar surface area (TPSA) is 73.1 Å². The fourth-order valence-corrected chi connectivity index (χ4v) is 2.86. The number of aliphatic hydroxyl groups excluding tert-OH is 1. The number of hydrogen-bond acceptors (Lipinski definition) is 6. The van der Waals surface area contributed by atoms with Gasteiger partial charge in [-0.15, -0.1) is 5.10 Å². The number of hydrogen-bond donors (Lipinski definition) is 1. The maximum Gasteiger partial charge on any atom is 0.214 e. The first-order valence-electron chi connectivity index (χ1n) is 7.25. The molecule has 0 saturated heterocycles. The van der Waals surface area contributed by atoms with E-state index < -0.39 is 6.10 Å². The van der Waals surface area contributed by atoms with Crippen LogP contribution in [0.1, 0.15) is 0 Å². The maximum absolute atomic E-state index is 10.1. The molecule has 124 valence electrons. The van der Waals surface area contributed by atoms with E-state index in [4.69, 9.17) is 16.3 Å². The van der Waals surface area contributed by atoms with Crippen molar-refractivity contribution in [1.29, 1.82) is 0 Å². The van der Waals surface area contributed by atoms with E-state index in [1.165, 1.54) is 11.8 Å². The molecule has 3 aromatic rings. The van der Waals surface area contributed by atoms with E-state index in [0.717, 1.165) is 11.4 Å². The summed E-state index contributed by atoms with van der Waals surface area (Å²) in [5.74, 6) is 1.15. The van der Waals surface area contributed by atoms with E-state index in [9.17, 15) is 5.11 Å². The molecule has 2 aromatic carbocycles. The molecule has 6 nitrogen and oxygen atoms in total. The zero-order valence-corrected chi connectivity index (χ0v) is 14.2. The molecule has 0 aliphatic rings. The van der Waals surface area contributed by atoms with Gasteiger partial charge in [-0.3, -0.25) is 0 Å². The summed E-state index contributed by atoms with van der Waals surface area (Å²) in [5, 5.41) is 22.9. The van der Waals surface area contributed by atoms with E-state index in [-0.39, 0.29) is 6.61 Å². The van der Waals surface area contributed by atoms with E-state index in [1.807, 2.05) is 42.5 Å². The molecular formula is C16H15ClN4O2S. The fraction of sp³-hybridized carbons (Fsp3) is 0.188. The van der Waals surface area contributed by atoms with E-state index >= 15 is 0 Å². The zero-order valence-electron chi connectivity index (χ0n) is 12.6. The monoisotopic (exact) mass is 362 g/mol. The lowest BCUT2D eigenvalue weighted by molar-refractivity contribution is 0.126. The van der Waals surface area contributed by atoms with Crippen LogP contribution in [0.25, 0.3) is 5.69 Å². The number of aliphatic hydroxyl groups is 1. The lowest BCUT2D eigenvalue weighted by atomic mass is 10.3. The first-order valence-corrected chi connectivity index (χ1v) is 8.62. The molecule has 0 aliphatic carbocycles. The predicted molar refractivity (Wildman–Crippen MR) is 92.8 cm³/mol. The number of halogens is 1. The van der Waals surface area contributed by atoms with Crippen LogP contribution in [-0.2, 0) is 0 Å². The van der Waals surface area contributed by atoms with Gasteiger partial charge in [0.15, 0.2) is 0 Å². The summed E-state index contributed by atoms with van der Waals surface area (Å²) in [6.07, 6.45) is -0.634. The quantitative estimate of drug-likeness (QED) is 0.651. The Morgan fingerprint density at radius 1 is 1.12 bits per heavy atom. The van der Waals surface area contributed by atoms with Gasteiger partial charge in [-0.2, -0.15) is 4.68 Å². The Morgan fingerprint density at radius 2 is 1.88 bits per heavy atom. The van der Waals surface area contributed by atoms with Crippen molar-refractivity contribution in [2.75, 3.05) is 12.4 Å². The highest BCUT2D eigenvalue weighted by Crippen LogP contribution is 2.20. The SMILES string of the molecule is O[C@H](COc1ccccc1)CSc1nnnn1-c1ccc(Cl)cc1. The van der Waals surface area contributed by atoms with E-state index in [0.29, 0.717) is 15.9 Å². The molecule has 1 N–H and O–H groups in total. The standard InChI is InChI=1S/C16H15ClN4O2S/c17-12-6-8-13(9-7-12)21-16(18-19-20-21)24-11-14(22)10-23-15-4-2-1-3-5-15/h1-9,14,22H,10-11H2/t14-/m1/s1. The first kappa shape index (κ1) is 16.8. The van der Waals surface area contributed by atoms with Crippen LogP contribution >= 0.6 is 23.4 Å². The molecule has 1 aromatic heterocycles. The van der Waals surface area contributed by atoms with Gasteiger partial charge in [0.25, 0.3) is 0 Å². The summed E-state index contributed by atoms with van der Waals surface area (Å²) in [6, 6.07) is 16.6. The summed E-state index contributed by atoms with van der Waals surface area (Å²) in [5.41, 5.74) is 0.807. The van der Waals surface area contributed by atoms with Gasteiger partial charge >= 0.3 is 0 Å². The van der Waals surface area contributed by atoms with Crippen molar-refractivity contribution in [2.24, 2.45) is 0 Å². The van der Waals surface area contributed by atoms with Crippen LogP contribution in [0.5, 0.6) is 5.75 Å². The van der Waals surface area contributed by atoms with Crippen LogP contribution in [0.3, 0.4) is 0 Å². The molecule has 8 heteroatoms. The van der Waals surface area contributed by atoms with Crippen molar-refractivity contribution in [3.8, 4) is 11.4 Å². The minimum absolute atomic E-state index is 0.208. The van der Waals surface area contributed by atoms with Crippen molar-refractivity contribution < 1.29 is 9.84 Å². The van der Waals surface area contributed by atoms with Gasteiger partial charge in [-0.1, -0.05) is 41.6 Å². The second-order valence-electron chi connectivity index (χ2n) is 4.94. The molecule has 3 rings (SSSR count). The smallest absolute Gasteiger partial charge is 0.214 e. The average molecular weight is 363 g/mol. The summed E-state index contributed by atoms with van der Waals surface area (Å²) >= 11 is 7.25. The van der Waals surface area contributed by atoms with Gasteiger partial charge in [-0.25, -0.2) is 0 Å². The average Bonchev–Trinajstić information content (AvgIpc) is 3.08. The molecule has 0 bridgehead atoms. The molecule has 0 aliphatic heterocycles. The minimum atomic E-state index is -0.634. The number of thioether (sulfide) groups is 1. The zero-order chi connectivity index (χ0) is 16.8. The van der Waals surface area contributed by atoms with Crippen LogP contribution < -0.4 is 4.74 Å². The van der Waals surface area contributed by atoms with Crippen molar-refractivity contribution in [1.82, 2.24) is 20.2 Å². The third kappa shape index (κ3) is 4.47. The van der Waals surface area contributed by atoms with Gasteiger partial charge < -0.3 is 9.84 Å². The molecule has 0 fully saturated rings. The number of tetrazole rings is 1. The van der Waals surface area contributed by atoms with Gasteiger partial charge in [0, 0.05) is 10.8 Å². The Bertz CT molecular complexity index is 767. The highest BCUT2D eigenvalue weighted by Gasteiger charge is 2.12. The molecule has 1 atom stereocenters. The first-order chi connectivity index (χ1) is 11.7. The van der Waals surface area contributed by atoms with Crippen molar-refractivity contribution in [3.05, 3.63) is 59.6 Å². The van der Waals surface area contributed by atoms with Gasteiger partial charge in [0.1, 0.15) is 12.4 Å². The largest absolute Gasteiger partial charge is 0.491 e. The number of ether oxygens (including phenoxy) is 1. The Hall–Kier alpha value is -2.09. The Kier molecular flexibility index (Phi) is 5.68. The Morgan fingerprint density at radius 3 is 2.62 bits per heavy atom. The van der Waals surface area contributed by atoms with Gasteiger partial charge in [-0.05, 0) is 46.8 Å². The summed E-state index contributed by atoms with van der Waals surface area (Å²) in [6.45, 7) is 0.208. The van der Waals surface area contributed by atoms with Crippen LogP contribution in [0, 0.1) is 0 Å². The lowest BCUT2D eigenvalue weighted by Gasteiger charge is -2.11. The summed E-state index contributed by atoms with van der Waals surface area (Å²) in [7, 11) is 0. The lowest BCUT2D eigenvalue weighted by Crippen LogP contribution is -2.20. The summed E-state index contributed by atoms with van der Waals surface area (Å²) < 4.78 is 7.13. The van der Waals surface area contributed by atoms with Crippen molar-refractivity contribution in [2.45, 2.75) is 11.3 Å². The number of nitrogens with zero attached hydrogens (tertiary/aromatic N) is 4. The number of rotatable bonds is 7. The second-order valence-corrected chi connectivity index (χ2v) is 6.36. The maximum atomic E-state index is 10.1. The van der Waals surface area contributed by atoms with Crippen molar-refractivity contribution in [3.63, 3.8) is 0 Å². The molecule has 24 heavy (non-hydrogen) atoms. The third-order valence-electron chi connectivity index (χ3n) is 3.10. The van der Waals surface area contributed by atoms with Gasteiger partial charge in [0.05, 0.1) is 11.8 Å². The molecule has 0 radical (unpaired) electrons. The molecule has 1 heterocycles.